The molecule has 26 heavy (non-hydrogen) atoms. The normalized spacial score (nSPS) is 15.2. The highest BCUT2D eigenvalue weighted by Gasteiger charge is 2.36. The molecule has 0 atom stereocenters. The lowest BCUT2D eigenvalue weighted by atomic mass is 9.88. The molecule has 3 rings (SSSR count). The Morgan fingerprint density at radius 2 is 2.12 bits per heavy atom. The number of ether oxygens (including phenoxy) is 1. The zero-order chi connectivity index (χ0) is 18.7. The van der Waals surface area contributed by atoms with Crippen molar-refractivity contribution < 1.29 is 9.57 Å². The minimum absolute atomic E-state index is 0.151. The molecule has 0 bridgehead atoms. The molecule has 0 fully saturated rings. The zero-order valence-electron chi connectivity index (χ0n) is 15.1. The highest BCUT2D eigenvalue weighted by atomic mass is 16.6. The molecule has 1 aliphatic heterocycles. The summed E-state index contributed by atoms with van der Waals surface area (Å²) in [7, 11) is 0. The number of pyridine rings is 1. The minimum atomic E-state index is -0.657. The molecule has 0 unspecified atom stereocenters. The van der Waals surface area contributed by atoms with E-state index in [1.165, 1.54) is 6.07 Å². The minimum Gasteiger partial charge on any atom is -0.483 e. The molecular formula is C20H21N3O3. The van der Waals surface area contributed by atoms with Crippen LogP contribution >= 0.6 is 0 Å². The summed E-state index contributed by atoms with van der Waals surface area (Å²) in [5, 5.41) is 9.28. The quantitative estimate of drug-likeness (QED) is 0.662. The van der Waals surface area contributed by atoms with Crippen molar-refractivity contribution in [3.8, 4) is 11.8 Å². The number of benzene rings is 1. The number of fused-ring (bicyclic) bond motifs is 1. The first-order valence-electron chi connectivity index (χ1n) is 8.48. The first kappa shape index (κ1) is 17.9. The van der Waals surface area contributed by atoms with Gasteiger partial charge in [0.1, 0.15) is 11.4 Å². The molecule has 2 heterocycles. The van der Waals surface area contributed by atoms with Gasteiger partial charge < -0.3 is 9.57 Å². The van der Waals surface area contributed by atoms with Gasteiger partial charge >= 0.3 is 0 Å². The topological polar surface area (TPSA) is 76.3 Å². The second-order valence-corrected chi connectivity index (χ2v) is 6.43. The Morgan fingerprint density at radius 1 is 1.31 bits per heavy atom. The van der Waals surface area contributed by atoms with Gasteiger partial charge in [0.2, 0.25) is 0 Å². The smallest absolute Gasteiger partial charge is 0.255 e. The summed E-state index contributed by atoms with van der Waals surface area (Å²) in [5.41, 5.74) is 4.91. The van der Waals surface area contributed by atoms with Crippen LogP contribution in [0, 0.1) is 11.3 Å². The summed E-state index contributed by atoms with van der Waals surface area (Å²) >= 11 is 0. The van der Waals surface area contributed by atoms with E-state index in [-0.39, 0.29) is 5.56 Å². The van der Waals surface area contributed by atoms with Crippen molar-refractivity contribution in [1.29, 1.82) is 5.26 Å². The Hall–Kier alpha value is -2.88. The van der Waals surface area contributed by atoms with Crippen LogP contribution in [0.4, 0.5) is 0 Å². The van der Waals surface area contributed by atoms with Crippen LogP contribution in [0.15, 0.2) is 53.0 Å². The van der Waals surface area contributed by atoms with Crippen molar-refractivity contribution in [3.63, 3.8) is 0 Å². The predicted molar refractivity (Wildman–Crippen MR) is 98.5 cm³/mol. The summed E-state index contributed by atoms with van der Waals surface area (Å²) in [6.07, 6.45) is 1.72. The van der Waals surface area contributed by atoms with Crippen LogP contribution in [0.3, 0.4) is 0 Å². The third-order valence-corrected chi connectivity index (χ3v) is 4.30. The van der Waals surface area contributed by atoms with Crippen LogP contribution in [0.5, 0.6) is 5.75 Å². The molecule has 6 nitrogen and oxygen atoms in total. The number of nitrogens with zero attached hydrogens (tertiary/aromatic N) is 2. The fourth-order valence-electron chi connectivity index (χ4n) is 3.07. The van der Waals surface area contributed by atoms with Crippen LogP contribution in [-0.2, 0) is 4.84 Å². The van der Waals surface area contributed by atoms with E-state index in [1.54, 1.807) is 41.1 Å². The van der Waals surface area contributed by atoms with E-state index in [9.17, 15) is 10.1 Å². The van der Waals surface area contributed by atoms with E-state index in [4.69, 9.17) is 9.57 Å². The molecule has 0 aliphatic carbocycles. The lowest BCUT2D eigenvalue weighted by molar-refractivity contribution is 0.0479. The number of rotatable bonds is 5. The summed E-state index contributed by atoms with van der Waals surface area (Å²) in [4.78, 5) is 17.8. The van der Waals surface area contributed by atoms with E-state index in [2.05, 4.69) is 11.5 Å². The van der Waals surface area contributed by atoms with Crippen molar-refractivity contribution in [2.45, 2.75) is 26.4 Å². The van der Waals surface area contributed by atoms with Gasteiger partial charge in [-0.3, -0.25) is 9.36 Å². The summed E-state index contributed by atoms with van der Waals surface area (Å²) in [6, 6.07) is 12.4. The van der Waals surface area contributed by atoms with Crippen LogP contribution < -0.4 is 15.8 Å². The standard InChI is InChI=1S/C20H21N3O3/c1-4-25-22-13-16-19(23-10-6-5-7-18(23)24)15-11-14(12-21)8-9-17(15)26-20(16,2)3/h5-11,22H,4,13H2,1-3H3. The average Bonchev–Trinajstić information content (AvgIpc) is 2.62. The van der Waals surface area contributed by atoms with Crippen molar-refractivity contribution in [2.75, 3.05) is 13.2 Å². The van der Waals surface area contributed by atoms with Gasteiger partial charge in [0.05, 0.1) is 23.9 Å². The molecule has 2 aromatic rings. The number of hydrogen-bond acceptors (Lipinski definition) is 5. The number of nitrogens with one attached hydrogen (secondary N) is 1. The highest BCUT2D eigenvalue weighted by Crippen LogP contribution is 2.41. The summed E-state index contributed by atoms with van der Waals surface area (Å²) < 4.78 is 7.77. The Balaban J connectivity index is 2.29. The predicted octanol–water partition coefficient (Wildman–Crippen LogP) is 2.69. The molecule has 1 aromatic heterocycles. The largest absolute Gasteiger partial charge is 0.483 e. The van der Waals surface area contributed by atoms with Crippen LogP contribution in [0.25, 0.3) is 5.70 Å². The first-order valence-corrected chi connectivity index (χ1v) is 8.48. The van der Waals surface area contributed by atoms with E-state index < -0.39 is 5.60 Å². The molecule has 6 heteroatoms. The van der Waals surface area contributed by atoms with Crippen molar-refractivity contribution in [2.24, 2.45) is 0 Å². The zero-order valence-corrected chi connectivity index (χ0v) is 15.1. The average molecular weight is 351 g/mol. The SMILES string of the molecule is CCONCC1=C(n2ccccc2=O)c2cc(C#N)ccc2OC1(C)C. The monoisotopic (exact) mass is 351 g/mol. The van der Waals surface area contributed by atoms with Gasteiger partial charge in [-0.1, -0.05) is 6.07 Å². The fourth-order valence-corrected chi connectivity index (χ4v) is 3.07. The first-order chi connectivity index (χ1) is 12.5. The molecular weight excluding hydrogens is 330 g/mol. The molecule has 0 amide bonds. The molecule has 1 N–H and O–H groups in total. The van der Waals surface area contributed by atoms with E-state index in [0.717, 1.165) is 5.57 Å². The Labute approximate surface area is 152 Å². The lowest BCUT2D eigenvalue weighted by Gasteiger charge is -2.37. The molecule has 0 radical (unpaired) electrons. The fraction of sp³-hybridized carbons (Fsp3) is 0.300. The van der Waals surface area contributed by atoms with Crippen molar-refractivity contribution >= 4 is 5.70 Å². The summed E-state index contributed by atoms with van der Waals surface area (Å²) in [6.45, 7) is 6.69. The number of nitriles is 1. The van der Waals surface area contributed by atoms with Gasteiger partial charge in [-0.25, -0.2) is 0 Å². The van der Waals surface area contributed by atoms with E-state index in [0.29, 0.717) is 35.7 Å². The maximum absolute atomic E-state index is 12.5. The molecule has 0 saturated carbocycles. The van der Waals surface area contributed by atoms with Gasteiger partial charge in [0.15, 0.2) is 0 Å². The lowest BCUT2D eigenvalue weighted by Crippen LogP contribution is -2.41. The number of aromatic nitrogens is 1. The van der Waals surface area contributed by atoms with E-state index in [1.807, 2.05) is 20.8 Å². The second kappa shape index (κ2) is 7.16. The third kappa shape index (κ3) is 3.27. The molecule has 0 spiro atoms. The summed E-state index contributed by atoms with van der Waals surface area (Å²) in [5.74, 6) is 0.639. The highest BCUT2D eigenvalue weighted by molar-refractivity contribution is 5.77. The van der Waals surface area contributed by atoms with Gasteiger partial charge in [-0.2, -0.15) is 10.7 Å². The Bertz CT molecular complexity index is 951. The van der Waals surface area contributed by atoms with Gasteiger partial charge in [-0.15, -0.1) is 0 Å². The second-order valence-electron chi connectivity index (χ2n) is 6.43. The van der Waals surface area contributed by atoms with Gasteiger partial charge in [0, 0.05) is 29.9 Å². The molecule has 1 aromatic carbocycles. The molecule has 0 saturated heterocycles. The Morgan fingerprint density at radius 3 is 2.81 bits per heavy atom. The van der Waals surface area contributed by atoms with Crippen LogP contribution in [0.2, 0.25) is 0 Å². The van der Waals surface area contributed by atoms with Crippen molar-refractivity contribution in [1.82, 2.24) is 10.0 Å². The third-order valence-electron chi connectivity index (χ3n) is 4.30. The molecule has 1 aliphatic rings. The maximum atomic E-state index is 12.5. The van der Waals surface area contributed by atoms with E-state index >= 15 is 0 Å². The van der Waals surface area contributed by atoms with Gasteiger partial charge in [-0.05, 0) is 45.0 Å². The van der Waals surface area contributed by atoms with Crippen molar-refractivity contribution in [3.05, 3.63) is 69.6 Å². The van der Waals surface area contributed by atoms with Crippen LogP contribution in [-0.4, -0.2) is 23.3 Å². The number of hydroxylamine groups is 1. The number of hydrogen-bond donors (Lipinski definition) is 1. The molecule has 134 valence electrons. The van der Waals surface area contributed by atoms with Crippen LogP contribution in [0.1, 0.15) is 31.9 Å². The van der Waals surface area contributed by atoms with Gasteiger partial charge in [0.25, 0.3) is 5.56 Å². The maximum Gasteiger partial charge on any atom is 0.255 e. The Kier molecular flexibility index (Phi) is 4.94.